The van der Waals surface area contributed by atoms with E-state index in [9.17, 15) is 9.59 Å². The second kappa shape index (κ2) is 7.89. The van der Waals surface area contributed by atoms with Crippen LogP contribution in [0.25, 0.3) is 11.2 Å². The van der Waals surface area contributed by atoms with Crippen LogP contribution in [0.4, 0.5) is 0 Å². The predicted molar refractivity (Wildman–Crippen MR) is 107 cm³/mol. The summed E-state index contributed by atoms with van der Waals surface area (Å²) in [6.07, 6.45) is 7.58. The molecule has 0 spiro atoms. The number of amides is 2. The van der Waals surface area contributed by atoms with Crippen molar-refractivity contribution < 1.29 is 9.59 Å². The lowest BCUT2D eigenvalue weighted by molar-refractivity contribution is -0.133. The minimum Gasteiger partial charge on any atom is -0.341 e. The van der Waals surface area contributed by atoms with Crippen LogP contribution < -0.4 is 5.32 Å². The zero-order chi connectivity index (χ0) is 19.7. The molecule has 1 N–H and O–H groups in total. The van der Waals surface area contributed by atoms with Gasteiger partial charge in [-0.15, -0.1) is 0 Å². The smallest absolute Gasteiger partial charge is 0.254 e. The van der Waals surface area contributed by atoms with Crippen LogP contribution in [0.2, 0.25) is 0 Å². The van der Waals surface area contributed by atoms with Gasteiger partial charge >= 0.3 is 0 Å². The molecule has 150 valence electrons. The maximum absolute atomic E-state index is 13.0. The van der Waals surface area contributed by atoms with Gasteiger partial charge in [0.1, 0.15) is 17.4 Å². The summed E-state index contributed by atoms with van der Waals surface area (Å²) >= 11 is 0. The maximum Gasteiger partial charge on any atom is 0.254 e. The Morgan fingerprint density at radius 1 is 1.04 bits per heavy atom. The van der Waals surface area contributed by atoms with E-state index in [1.807, 2.05) is 11.8 Å². The molecule has 1 saturated heterocycles. The fourth-order valence-electron chi connectivity index (χ4n) is 4.31. The molecular formula is C21H29N5O2. The number of hydrogen-bond donors (Lipinski definition) is 1. The minimum atomic E-state index is -0.547. The van der Waals surface area contributed by atoms with Crippen molar-refractivity contribution in [3.05, 3.63) is 23.1 Å². The van der Waals surface area contributed by atoms with E-state index in [0.29, 0.717) is 11.1 Å². The van der Waals surface area contributed by atoms with Crippen LogP contribution in [0.5, 0.6) is 0 Å². The number of fused-ring (bicyclic) bond motifs is 3. The molecule has 2 aromatic rings. The van der Waals surface area contributed by atoms with Gasteiger partial charge in [0.15, 0.2) is 5.65 Å². The molecule has 2 aliphatic rings. The number of carbonyl (C=O) groups is 2. The number of nitrogens with zero attached hydrogens (tertiary/aromatic N) is 4. The summed E-state index contributed by atoms with van der Waals surface area (Å²) in [4.78, 5) is 37.0. The normalized spacial score (nSPS) is 18.4. The summed E-state index contributed by atoms with van der Waals surface area (Å²) in [6.45, 7) is 6.13. The first-order valence-electron chi connectivity index (χ1n) is 10.5. The van der Waals surface area contributed by atoms with E-state index in [-0.39, 0.29) is 11.8 Å². The van der Waals surface area contributed by atoms with Gasteiger partial charge in [0, 0.05) is 31.7 Å². The summed E-state index contributed by atoms with van der Waals surface area (Å²) < 4.78 is 2.16. The third kappa shape index (κ3) is 3.62. The summed E-state index contributed by atoms with van der Waals surface area (Å²) in [7, 11) is 0. The number of imidazole rings is 1. The lowest BCUT2D eigenvalue weighted by atomic mass is 10.1. The van der Waals surface area contributed by atoms with Crippen molar-refractivity contribution in [2.24, 2.45) is 0 Å². The number of aryl methyl sites for hydroxylation is 3. The first-order chi connectivity index (χ1) is 13.5. The van der Waals surface area contributed by atoms with Gasteiger partial charge in [-0.05, 0) is 52.0 Å². The van der Waals surface area contributed by atoms with Crippen molar-refractivity contribution in [2.45, 2.75) is 71.4 Å². The first kappa shape index (κ1) is 18.9. The molecule has 2 aromatic heterocycles. The second-order valence-electron chi connectivity index (χ2n) is 8.05. The Labute approximate surface area is 165 Å². The van der Waals surface area contributed by atoms with Gasteiger partial charge in [-0.1, -0.05) is 6.42 Å². The molecular weight excluding hydrogens is 354 g/mol. The molecule has 0 aromatic carbocycles. The molecule has 1 fully saturated rings. The van der Waals surface area contributed by atoms with Gasteiger partial charge in [-0.25, -0.2) is 9.97 Å². The summed E-state index contributed by atoms with van der Waals surface area (Å²) in [5, 5.41) is 2.90. The molecule has 0 saturated carbocycles. The third-order valence-electron chi connectivity index (χ3n) is 5.82. The highest BCUT2D eigenvalue weighted by molar-refractivity contribution is 6.05. The van der Waals surface area contributed by atoms with Crippen LogP contribution in [0, 0.1) is 6.92 Å². The Morgan fingerprint density at radius 3 is 2.54 bits per heavy atom. The van der Waals surface area contributed by atoms with Gasteiger partial charge in [0.25, 0.3) is 5.91 Å². The number of piperidine rings is 1. The minimum absolute atomic E-state index is 0.00399. The van der Waals surface area contributed by atoms with Crippen molar-refractivity contribution >= 4 is 23.0 Å². The van der Waals surface area contributed by atoms with Crippen molar-refractivity contribution in [3.63, 3.8) is 0 Å². The molecule has 7 heteroatoms. The highest BCUT2D eigenvalue weighted by Gasteiger charge is 2.26. The predicted octanol–water partition coefficient (Wildman–Crippen LogP) is 2.60. The lowest BCUT2D eigenvalue weighted by Crippen LogP contribution is -2.48. The van der Waals surface area contributed by atoms with E-state index in [2.05, 4.69) is 14.9 Å². The van der Waals surface area contributed by atoms with E-state index in [0.717, 1.165) is 68.9 Å². The monoisotopic (exact) mass is 383 g/mol. The number of rotatable bonds is 3. The van der Waals surface area contributed by atoms with E-state index in [4.69, 9.17) is 4.98 Å². The zero-order valence-electron chi connectivity index (χ0n) is 16.8. The standard InChI is InChI=1S/C21H29N5O2/c1-14-13-16(18-19(22-14)26-12-8-3-5-9-17(26)24-18)20(27)23-15(2)21(28)25-10-6-4-7-11-25/h13,15H,3-12H2,1-2H3,(H,23,27)/t15-/m1/s1. The third-order valence-corrected chi connectivity index (χ3v) is 5.82. The average molecular weight is 383 g/mol. The van der Waals surface area contributed by atoms with Crippen molar-refractivity contribution in [2.75, 3.05) is 13.1 Å². The van der Waals surface area contributed by atoms with Crippen molar-refractivity contribution in [1.29, 1.82) is 0 Å². The second-order valence-corrected chi connectivity index (χ2v) is 8.05. The van der Waals surface area contributed by atoms with Crippen molar-refractivity contribution in [1.82, 2.24) is 24.8 Å². The first-order valence-corrected chi connectivity index (χ1v) is 10.5. The largest absolute Gasteiger partial charge is 0.341 e. The number of pyridine rings is 1. The molecule has 0 unspecified atom stereocenters. The topological polar surface area (TPSA) is 80.1 Å². The molecule has 28 heavy (non-hydrogen) atoms. The van der Waals surface area contributed by atoms with Gasteiger partial charge in [-0.3, -0.25) is 9.59 Å². The van der Waals surface area contributed by atoms with Crippen LogP contribution in [0.1, 0.15) is 67.3 Å². The Kier molecular flexibility index (Phi) is 5.33. The zero-order valence-corrected chi connectivity index (χ0v) is 16.8. The molecule has 2 amide bonds. The molecule has 2 aliphatic heterocycles. The SMILES string of the molecule is Cc1cc(C(=O)N[C@H](C)C(=O)N2CCCCC2)c2nc3n(c2n1)CCCCC3. The van der Waals surface area contributed by atoms with Gasteiger partial charge in [0.2, 0.25) is 5.91 Å². The Hall–Kier alpha value is -2.44. The average Bonchev–Trinajstić information content (AvgIpc) is 2.88. The van der Waals surface area contributed by atoms with Crippen LogP contribution in [-0.2, 0) is 17.8 Å². The number of carbonyl (C=O) groups excluding carboxylic acids is 2. The number of aromatic nitrogens is 3. The summed E-state index contributed by atoms with van der Waals surface area (Å²) in [5.74, 6) is 0.759. The van der Waals surface area contributed by atoms with Gasteiger partial charge in [-0.2, -0.15) is 0 Å². The van der Waals surface area contributed by atoms with Gasteiger partial charge < -0.3 is 14.8 Å². The fourth-order valence-corrected chi connectivity index (χ4v) is 4.31. The highest BCUT2D eigenvalue weighted by atomic mass is 16.2. The fraction of sp³-hybridized carbons (Fsp3) is 0.619. The lowest BCUT2D eigenvalue weighted by Gasteiger charge is -2.29. The van der Waals surface area contributed by atoms with Crippen LogP contribution in [-0.4, -0.2) is 50.4 Å². The summed E-state index contributed by atoms with van der Waals surface area (Å²) in [6, 6.07) is 1.23. The Bertz CT molecular complexity index is 898. The quantitative estimate of drug-likeness (QED) is 0.883. The van der Waals surface area contributed by atoms with Gasteiger partial charge in [0.05, 0.1) is 5.56 Å². The number of nitrogens with one attached hydrogen (secondary N) is 1. The molecule has 4 rings (SSSR count). The van der Waals surface area contributed by atoms with E-state index >= 15 is 0 Å². The van der Waals surface area contributed by atoms with E-state index in [1.54, 1.807) is 13.0 Å². The van der Waals surface area contributed by atoms with E-state index in [1.165, 1.54) is 12.8 Å². The molecule has 7 nitrogen and oxygen atoms in total. The molecule has 0 radical (unpaired) electrons. The molecule has 1 atom stereocenters. The molecule has 4 heterocycles. The molecule has 0 aliphatic carbocycles. The maximum atomic E-state index is 13.0. The highest BCUT2D eigenvalue weighted by Crippen LogP contribution is 2.24. The molecule has 0 bridgehead atoms. The van der Waals surface area contributed by atoms with Crippen LogP contribution in [0.15, 0.2) is 6.07 Å². The van der Waals surface area contributed by atoms with Crippen LogP contribution >= 0.6 is 0 Å². The number of likely N-dealkylation sites (tertiary alicyclic amines) is 1. The summed E-state index contributed by atoms with van der Waals surface area (Å²) in [5.41, 5.74) is 2.75. The van der Waals surface area contributed by atoms with E-state index < -0.39 is 6.04 Å². The van der Waals surface area contributed by atoms with Crippen LogP contribution in [0.3, 0.4) is 0 Å². The number of hydrogen-bond acceptors (Lipinski definition) is 4. The Morgan fingerprint density at radius 2 is 1.75 bits per heavy atom. The van der Waals surface area contributed by atoms with Crippen molar-refractivity contribution in [3.8, 4) is 0 Å². The Balaban J connectivity index is 1.59.